The lowest BCUT2D eigenvalue weighted by Gasteiger charge is -1.92. The molecule has 5 heteroatoms. The molecule has 0 aliphatic rings. The molecule has 0 unspecified atom stereocenters. The summed E-state index contributed by atoms with van der Waals surface area (Å²) in [6.07, 6.45) is 1.43. The fraction of sp³-hybridized carbons (Fsp3) is 0. The van der Waals surface area contributed by atoms with Gasteiger partial charge in [0.25, 0.3) is 0 Å². The second kappa shape index (κ2) is 2.53. The first-order valence-corrected chi connectivity index (χ1v) is 4.14. The van der Waals surface area contributed by atoms with Gasteiger partial charge < -0.3 is 5.73 Å². The Morgan fingerprint density at radius 1 is 1.50 bits per heavy atom. The highest BCUT2D eigenvalue weighted by molar-refractivity contribution is 7.16. The predicted octanol–water partition coefficient (Wildman–Crippen LogP) is 0.790. The number of fused-ring (bicyclic) bond motifs is 1. The van der Waals surface area contributed by atoms with E-state index in [1.54, 1.807) is 11.6 Å². The van der Waals surface area contributed by atoms with Crippen molar-refractivity contribution in [2.75, 3.05) is 0 Å². The fourth-order valence-electron chi connectivity index (χ4n) is 0.889. The molecule has 0 radical (unpaired) electrons. The van der Waals surface area contributed by atoms with Crippen LogP contribution in [-0.4, -0.2) is 15.9 Å². The van der Waals surface area contributed by atoms with Gasteiger partial charge in [0.1, 0.15) is 0 Å². The minimum absolute atomic E-state index is 0.423. The molecule has 0 atom stereocenters. The number of nitrogens with zero attached hydrogens (tertiary/aromatic N) is 2. The van der Waals surface area contributed by atoms with Gasteiger partial charge in [-0.25, -0.2) is 9.97 Å². The van der Waals surface area contributed by atoms with Crippen LogP contribution in [0.2, 0.25) is 0 Å². The third-order valence-electron chi connectivity index (χ3n) is 1.47. The van der Waals surface area contributed by atoms with Crippen molar-refractivity contribution in [3.05, 3.63) is 23.3 Å². The average molecular weight is 179 g/mol. The second-order valence-corrected chi connectivity index (χ2v) is 3.15. The van der Waals surface area contributed by atoms with E-state index in [-0.39, 0.29) is 0 Å². The van der Waals surface area contributed by atoms with Gasteiger partial charge in [-0.2, -0.15) is 0 Å². The van der Waals surface area contributed by atoms with E-state index in [0.29, 0.717) is 11.2 Å². The Morgan fingerprint density at radius 3 is 3.08 bits per heavy atom. The molecule has 2 aromatic rings. The number of hydrogen-bond donors (Lipinski definition) is 1. The van der Waals surface area contributed by atoms with Crippen LogP contribution in [0.3, 0.4) is 0 Å². The molecular weight excluding hydrogens is 174 g/mol. The van der Waals surface area contributed by atoms with Gasteiger partial charge in [0.2, 0.25) is 5.91 Å². The van der Waals surface area contributed by atoms with Crippen molar-refractivity contribution in [3.8, 4) is 0 Å². The third kappa shape index (κ3) is 1.04. The van der Waals surface area contributed by atoms with Crippen molar-refractivity contribution in [1.82, 2.24) is 9.97 Å². The largest absolute Gasteiger partial charge is 0.366 e. The van der Waals surface area contributed by atoms with Crippen LogP contribution in [0, 0.1) is 0 Å². The van der Waals surface area contributed by atoms with E-state index in [9.17, 15) is 4.79 Å². The maximum Gasteiger partial charge on any atom is 0.250 e. The molecule has 0 saturated carbocycles. The molecule has 2 aromatic heterocycles. The van der Waals surface area contributed by atoms with Gasteiger partial charge in [-0.15, -0.1) is 11.3 Å². The highest BCUT2D eigenvalue weighted by atomic mass is 32.1. The summed E-state index contributed by atoms with van der Waals surface area (Å²) >= 11 is 1.44. The van der Waals surface area contributed by atoms with E-state index in [4.69, 9.17) is 5.73 Å². The molecule has 0 saturated heterocycles. The van der Waals surface area contributed by atoms with E-state index in [1.807, 2.05) is 0 Å². The number of nitrogens with two attached hydrogens (primary N) is 1. The molecule has 4 nitrogen and oxygen atoms in total. The van der Waals surface area contributed by atoms with Crippen LogP contribution < -0.4 is 5.73 Å². The van der Waals surface area contributed by atoms with E-state index in [2.05, 4.69) is 9.97 Å². The van der Waals surface area contributed by atoms with Crippen LogP contribution in [0.1, 0.15) is 10.4 Å². The Balaban J connectivity index is 2.68. The van der Waals surface area contributed by atoms with Crippen molar-refractivity contribution in [1.29, 1.82) is 0 Å². The van der Waals surface area contributed by atoms with Crippen molar-refractivity contribution in [2.24, 2.45) is 5.73 Å². The molecule has 12 heavy (non-hydrogen) atoms. The maximum absolute atomic E-state index is 10.7. The van der Waals surface area contributed by atoms with E-state index in [1.165, 1.54) is 17.5 Å². The summed E-state index contributed by atoms with van der Waals surface area (Å²) in [6.45, 7) is 0. The highest BCUT2D eigenvalue weighted by Gasteiger charge is 2.03. The summed E-state index contributed by atoms with van der Waals surface area (Å²) in [5.74, 6) is -0.460. The van der Waals surface area contributed by atoms with Gasteiger partial charge in [0.15, 0.2) is 5.65 Å². The number of pyridine rings is 1. The normalized spacial score (nSPS) is 10.3. The zero-order valence-electron chi connectivity index (χ0n) is 6.02. The Morgan fingerprint density at radius 2 is 2.33 bits per heavy atom. The molecule has 1 amide bonds. The summed E-state index contributed by atoms with van der Waals surface area (Å²) < 4.78 is 0.881. The van der Waals surface area contributed by atoms with Crippen LogP contribution in [-0.2, 0) is 0 Å². The van der Waals surface area contributed by atoms with Crippen LogP contribution in [0.25, 0.3) is 10.3 Å². The Labute approximate surface area is 72.1 Å². The third-order valence-corrected chi connectivity index (χ3v) is 2.24. The Kier molecular flexibility index (Phi) is 1.51. The second-order valence-electron chi connectivity index (χ2n) is 2.26. The lowest BCUT2D eigenvalue weighted by Crippen LogP contribution is -2.10. The number of primary amides is 1. The van der Waals surface area contributed by atoms with Crippen molar-refractivity contribution >= 4 is 27.6 Å². The fourth-order valence-corrected chi connectivity index (χ4v) is 1.56. The molecule has 2 heterocycles. The molecule has 0 aromatic carbocycles. The maximum atomic E-state index is 10.7. The molecule has 0 spiro atoms. The molecule has 2 rings (SSSR count). The molecular formula is C7H5N3OS. The quantitative estimate of drug-likeness (QED) is 0.703. The smallest absolute Gasteiger partial charge is 0.250 e. The highest BCUT2D eigenvalue weighted by Crippen LogP contribution is 2.15. The molecule has 0 aliphatic carbocycles. The number of amides is 1. The number of rotatable bonds is 1. The number of thiazole rings is 1. The van der Waals surface area contributed by atoms with Crippen LogP contribution >= 0.6 is 11.3 Å². The topological polar surface area (TPSA) is 68.9 Å². The SMILES string of the molecule is NC(=O)c1cnc2ncsc2c1. The molecule has 0 fully saturated rings. The van der Waals surface area contributed by atoms with Crippen LogP contribution in [0.15, 0.2) is 17.8 Å². The summed E-state index contributed by atoms with van der Waals surface area (Å²) in [5.41, 5.74) is 7.84. The van der Waals surface area contributed by atoms with E-state index < -0.39 is 5.91 Å². The molecule has 2 N–H and O–H groups in total. The average Bonchev–Trinajstić information content (AvgIpc) is 2.49. The molecule has 0 bridgehead atoms. The lowest BCUT2D eigenvalue weighted by molar-refractivity contribution is 0.1000. The van der Waals surface area contributed by atoms with Gasteiger partial charge in [0, 0.05) is 6.20 Å². The summed E-state index contributed by atoms with van der Waals surface area (Å²) in [7, 11) is 0. The number of aromatic nitrogens is 2. The van der Waals surface area contributed by atoms with Gasteiger partial charge >= 0.3 is 0 Å². The first-order chi connectivity index (χ1) is 5.77. The number of carbonyl (C=O) groups is 1. The van der Waals surface area contributed by atoms with Crippen molar-refractivity contribution < 1.29 is 4.79 Å². The lowest BCUT2D eigenvalue weighted by atomic mass is 10.3. The van der Waals surface area contributed by atoms with Crippen LogP contribution in [0.5, 0.6) is 0 Å². The Bertz CT molecular complexity index is 437. The summed E-state index contributed by atoms with van der Waals surface area (Å²) in [6, 6.07) is 1.70. The van der Waals surface area contributed by atoms with Gasteiger partial charge in [-0.1, -0.05) is 0 Å². The number of hydrogen-bond acceptors (Lipinski definition) is 4. The van der Waals surface area contributed by atoms with Gasteiger partial charge in [0.05, 0.1) is 15.8 Å². The number of carbonyl (C=O) groups excluding carboxylic acids is 1. The zero-order chi connectivity index (χ0) is 8.55. The Hall–Kier alpha value is -1.49. The minimum atomic E-state index is -0.460. The minimum Gasteiger partial charge on any atom is -0.366 e. The van der Waals surface area contributed by atoms with E-state index in [0.717, 1.165) is 4.70 Å². The zero-order valence-corrected chi connectivity index (χ0v) is 6.84. The standard InChI is InChI=1S/C7H5N3OS/c8-6(11)4-1-5-7(9-2-4)10-3-12-5/h1-3H,(H2,8,11). The van der Waals surface area contributed by atoms with E-state index >= 15 is 0 Å². The van der Waals surface area contributed by atoms with Gasteiger partial charge in [-0.05, 0) is 6.07 Å². The molecule has 60 valence electrons. The van der Waals surface area contributed by atoms with Crippen LogP contribution in [0.4, 0.5) is 0 Å². The monoisotopic (exact) mass is 179 g/mol. The van der Waals surface area contributed by atoms with Crippen molar-refractivity contribution in [2.45, 2.75) is 0 Å². The first kappa shape index (κ1) is 7.17. The predicted molar refractivity (Wildman–Crippen MR) is 45.9 cm³/mol. The first-order valence-electron chi connectivity index (χ1n) is 3.26. The summed E-state index contributed by atoms with van der Waals surface area (Å²) in [4.78, 5) is 18.7. The van der Waals surface area contributed by atoms with Gasteiger partial charge in [-0.3, -0.25) is 4.79 Å². The summed E-state index contributed by atoms with van der Waals surface area (Å²) in [5, 5.41) is 0. The van der Waals surface area contributed by atoms with Crippen molar-refractivity contribution in [3.63, 3.8) is 0 Å². The molecule has 0 aliphatic heterocycles.